The van der Waals surface area contributed by atoms with Crippen LogP contribution in [0.2, 0.25) is 0 Å². The molecule has 0 bridgehead atoms. The van der Waals surface area contributed by atoms with E-state index < -0.39 is 0 Å². The molecule has 20 heavy (non-hydrogen) atoms. The fourth-order valence-electron chi connectivity index (χ4n) is 1.68. The zero-order valence-electron chi connectivity index (χ0n) is 10.2. The highest BCUT2D eigenvalue weighted by Crippen LogP contribution is 2.22. The molecule has 3 aromatic heterocycles. The number of nitrogens with one attached hydrogen (secondary N) is 1. The van der Waals surface area contributed by atoms with Gasteiger partial charge in [0.05, 0.1) is 11.4 Å². The lowest BCUT2D eigenvalue weighted by molar-refractivity contribution is 0.103. The molecule has 1 amide bonds. The van der Waals surface area contributed by atoms with Crippen LogP contribution >= 0.6 is 11.3 Å². The molecule has 0 saturated heterocycles. The van der Waals surface area contributed by atoms with Gasteiger partial charge in [0.25, 0.3) is 5.91 Å². The SMILES string of the molecule is Nc1ccsc1C(=O)Nc1cccnc1-n1cncn1. The predicted molar refractivity (Wildman–Crippen MR) is 75.8 cm³/mol. The van der Waals surface area contributed by atoms with Crippen molar-refractivity contribution in [2.45, 2.75) is 0 Å². The summed E-state index contributed by atoms with van der Waals surface area (Å²) in [5, 5.41) is 8.56. The number of nitrogens with two attached hydrogens (primary N) is 1. The topological polar surface area (TPSA) is 98.7 Å². The maximum Gasteiger partial charge on any atom is 0.267 e. The first-order valence-corrected chi connectivity index (χ1v) is 6.58. The first-order valence-electron chi connectivity index (χ1n) is 5.70. The average Bonchev–Trinajstić information content (AvgIpc) is 3.10. The zero-order valence-corrected chi connectivity index (χ0v) is 11.0. The van der Waals surface area contributed by atoms with Gasteiger partial charge in [0.2, 0.25) is 0 Å². The van der Waals surface area contributed by atoms with E-state index in [1.165, 1.54) is 28.7 Å². The number of aromatic nitrogens is 4. The van der Waals surface area contributed by atoms with E-state index >= 15 is 0 Å². The number of hydrogen-bond acceptors (Lipinski definition) is 6. The molecule has 0 unspecified atom stereocenters. The van der Waals surface area contributed by atoms with Gasteiger partial charge in [-0.15, -0.1) is 11.3 Å². The smallest absolute Gasteiger partial charge is 0.267 e. The monoisotopic (exact) mass is 286 g/mol. The predicted octanol–water partition coefficient (Wildman–Crippen LogP) is 1.56. The number of thiophene rings is 1. The summed E-state index contributed by atoms with van der Waals surface area (Å²) in [7, 11) is 0. The minimum absolute atomic E-state index is 0.271. The third kappa shape index (κ3) is 2.24. The minimum atomic E-state index is -0.271. The largest absolute Gasteiger partial charge is 0.397 e. The van der Waals surface area contributed by atoms with E-state index in [4.69, 9.17) is 5.73 Å². The van der Waals surface area contributed by atoms with Crippen molar-refractivity contribution in [3.63, 3.8) is 0 Å². The number of carbonyl (C=O) groups is 1. The van der Waals surface area contributed by atoms with Crippen molar-refractivity contribution in [2.24, 2.45) is 0 Å². The Morgan fingerprint density at radius 3 is 3.00 bits per heavy atom. The number of carbonyl (C=O) groups excluding carboxylic acids is 1. The molecule has 0 aromatic carbocycles. The standard InChI is InChI=1S/C12H10N6OS/c13-8-3-5-20-10(8)12(19)17-9-2-1-4-15-11(9)18-7-14-6-16-18/h1-7H,13H2,(H,17,19). The molecule has 0 fully saturated rings. The maximum absolute atomic E-state index is 12.2. The second-order valence-electron chi connectivity index (χ2n) is 3.87. The Hall–Kier alpha value is -2.74. The molecule has 0 spiro atoms. The van der Waals surface area contributed by atoms with Crippen molar-refractivity contribution < 1.29 is 4.79 Å². The molecule has 0 saturated carbocycles. The Labute approximate surface area is 118 Å². The lowest BCUT2D eigenvalue weighted by Gasteiger charge is -2.09. The molecular weight excluding hydrogens is 276 g/mol. The number of amides is 1. The van der Waals surface area contributed by atoms with Gasteiger partial charge < -0.3 is 11.1 Å². The number of pyridine rings is 1. The Morgan fingerprint density at radius 2 is 2.30 bits per heavy atom. The molecule has 0 radical (unpaired) electrons. The lowest BCUT2D eigenvalue weighted by Crippen LogP contribution is -2.14. The highest BCUT2D eigenvalue weighted by molar-refractivity contribution is 7.12. The van der Waals surface area contributed by atoms with Crippen molar-refractivity contribution in [3.05, 3.63) is 47.3 Å². The number of anilines is 2. The normalized spacial score (nSPS) is 10.4. The summed E-state index contributed by atoms with van der Waals surface area (Å²) in [5.74, 6) is 0.223. The van der Waals surface area contributed by atoms with Gasteiger partial charge in [-0.25, -0.2) is 14.6 Å². The highest BCUT2D eigenvalue weighted by atomic mass is 32.1. The number of rotatable bonds is 3. The molecule has 100 valence electrons. The third-order valence-electron chi connectivity index (χ3n) is 2.57. The van der Waals surface area contributed by atoms with E-state index in [9.17, 15) is 4.79 Å². The van der Waals surface area contributed by atoms with Crippen molar-refractivity contribution in [1.82, 2.24) is 19.7 Å². The van der Waals surface area contributed by atoms with E-state index in [0.717, 1.165) is 0 Å². The molecule has 8 heteroatoms. The summed E-state index contributed by atoms with van der Waals surface area (Å²) in [6, 6.07) is 5.17. The Morgan fingerprint density at radius 1 is 1.40 bits per heavy atom. The van der Waals surface area contributed by atoms with Crippen LogP contribution in [0.3, 0.4) is 0 Å². The highest BCUT2D eigenvalue weighted by Gasteiger charge is 2.14. The van der Waals surface area contributed by atoms with Crippen LogP contribution in [-0.2, 0) is 0 Å². The van der Waals surface area contributed by atoms with Crippen LogP contribution in [0, 0.1) is 0 Å². The summed E-state index contributed by atoms with van der Waals surface area (Å²) >= 11 is 1.29. The van der Waals surface area contributed by atoms with Gasteiger partial charge in [0.1, 0.15) is 17.5 Å². The van der Waals surface area contributed by atoms with E-state index in [1.807, 2.05) is 0 Å². The fourth-order valence-corrected chi connectivity index (χ4v) is 2.39. The van der Waals surface area contributed by atoms with Gasteiger partial charge >= 0.3 is 0 Å². The van der Waals surface area contributed by atoms with Crippen molar-refractivity contribution >= 4 is 28.6 Å². The quantitative estimate of drug-likeness (QED) is 0.761. The summed E-state index contributed by atoms with van der Waals surface area (Å²) in [6.07, 6.45) is 4.53. The van der Waals surface area contributed by atoms with Crippen LogP contribution in [-0.4, -0.2) is 25.7 Å². The van der Waals surface area contributed by atoms with Crippen LogP contribution in [0.15, 0.2) is 42.4 Å². The van der Waals surface area contributed by atoms with Gasteiger partial charge in [0, 0.05) is 6.20 Å². The summed E-state index contributed by atoms with van der Waals surface area (Å²) in [4.78, 5) is 20.7. The van der Waals surface area contributed by atoms with Crippen molar-refractivity contribution in [1.29, 1.82) is 0 Å². The zero-order chi connectivity index (χ0) is 13.9. The first kappa shape index (κ1) is 12.3. The van der Waals surface area contributed by atoms with Crippen LogP contribution in [0.5, 0.6) is 0 Å². The molecule has 3 N–H and O–H groups in total. The van der Waals surface area contributed by atoms with Crippen LogP contribution in [0.25, 0.3) is 5.82 Å². The number of nitrogen functional groups attached to an aromatic ring is 1. The molecule has 0 aliphatic heterocycles. The van der Waals surface area contributed by atoms with Crippen molar-refractivity contribution in [2.75, 3.05) is 11.1 Å². The van der Waals surface area contributed by atoms with Gasteiger partial charge in [-0.05, 0) is 23.6 Å². The molecular formula is C12H10N6OS. The molecule has 3 aromatic rings. The second-order valence-corrected chi connectivity index (χ2v) is 4.79. The van der Waals surface area contributed by atoms with E-state index in [1.54, 1.807) is 29.8 Å². The van der Waals surface area contributed by atoms with Gasteiger partial charge in [-0.1, -0.05) is 0 Å². The van der Waals surface area contributed by atoms with E-state index in [0.29, 0.717) is 22.1 Å². The summed E-state index contributed by atoms with van der Waals surface area (Å²) in [6.45, 7) is 0. The average molecular weight is 286 g/mol. The maximum atomic E-state index is 12.2. The molecule has 3 rings (SSSR count). The van der Waals surface area contributed by atoms with Gasteiger partial charge in [0.15, 0.2) is 5.82 Å². The minimum Gasteiger partial charge on any atom is -0.397 e. The Balaban J connectivity index is 1.92. The summed E-state index contributed by atoms with van der Waals surface area (Å²) in [5.41, 5.74) is 6.73. The molecule has 7 nitrogen and oxygen atoms in total. The molecule has 0 aliphatic rings. The van der Waals surface area contributed by atoms with Gasteiger partial charge in [-0.3, -0.25) is 4.79 Å². The van der Waals surface area contributed by atoms with E-state index in [2.05, 4.69) is 20.4 Å². The number of nitrogens with zero attached hydrogens (tertiary/aromatic N) is 4. The molecule has 3 heterocycles. The van der Waals surface area contributed by atoms with Crippen LogP contribution in [0.4, 0.5) is 11.4 Å². The third-order valence-corrected chi connectivity index (χ3v) is 3.50. The molecule has 0 atom stereocenters. The second kappa shape index (κ2) is 5.10. The van der Waals surface area contributed by atoms with Crippen LogP contribution in [0.1, 0.15) is 9.67 Å². The number of hydrogen-bond donors (Lipinski definition) is 2. The first-order chi connectivity index (χ1) is 9.75. The Kier molecular flexibility index (Phi) is 3.13. The van der Waals surface area contributed by atoms with Crippen LogP contribution < -0.4 is 11.1 Å². The fraction of sp³-hybridized carbons (Fsp3) is 0. The lowest BCUT2D eigenvalue weighted by atomic mass is 10.3. The van der Waals surface area contributed by atoms with Gasteiger partial charge in [-0.2, -0.15) is 5.10 Å². The van der Waals surface area contributed by atoms with E-state index in [-0.39, 0.29) is 5.91 Å². The summed E-state index contributed by atoms with van der Waals surface area (Å²) < 4.78 is 1.48. The molecule has 0 aliphatic carbocycles. The van der Waals surface area contributed by atoms with Crippen molar-refractivity contribution in [3.8, 4) is 5.82 Å². The Bertz CT molecular complexity index is 736.